The lowest BCUT2D eigenvalue weighted by atomic mass is 10.0. The Morgan fingerprint density at radius 2 is 2.06 bits per heavy atom. The van der Waals surface area contributed by atoms with E-state index in [-0.39, 0.29) is 0 Å². The van der Waals surface area contributed by atoms with Gasteiger partial charge >= 0.3 is 0 Å². The third kappa shape index (κ3) is 2.11. The predicted molar refractivity (Wildman–Crippen MR) is 62.3 cm³/mol. The minimum Gasteiger partial charge on any atom is -0.387 e. The first-order valence-corrected chi connectivity index (χ1v) is 6.11. The van der Waals surface area contributed by atoms with Crippen LogP contribution in [0.15, 0.2) is 28.7 Å². The van der Waals surface area contributed by atoms with Crippen LogP contribution in [0.25, 0.3) is 0 Å². The van der Waals surface area contributed by atoms with E-state index in [0.29, 0.717) is 23.4 Å². The molecule has 18 heavy (non-hydrogen) atoms. The molecule has 1 atom stereocenters. The monoisotopic (exact) mass is 265 g/mol. The quantitative estimate of drug-likeness (QED) is 0.836. The minimum absolute atomic E-state index is 0.436. The minimum atomic E-state index is -0.621. The molecule has 2 aromatic rings. The number of aromatic nitrogens is 1. The van der Waals surface area contributed by atoms with Gasteiger partial charge in [-0.15, -0.1) is 11.3 Å². The van der Waals surface area contributed by atoms with E-state index in [9.17, 15) is 8.78 Å². The van der Waals surface area contributed by atoms with Crippen LogP contribution in [0.1, 0.15) is 23.8 Å². The van der Waals surface area contributed by atoms with Crippen molar-refractivity contribution in [1.29, 1.82) is 0 Å². The zero-order valence-corrected chi connectivity index (χ0v) is 9.88. The van der Waals surface area contributed by atoms with Gasteiger partial charge in [-0.1, -0.05) is 5.16 Å². The first-order valence-electron chi connectivity index (χ1n) is 5.23. The van der Waals surface area contributed by atoms with Crippen LogP contribution in [0.4, 0.5) is 8.78 Å². The highest BCUT2D eigenvalue weighted by molar-refractivity contribution is 7.07. The Bertz CT molecular complexity index is 578. The Morgan fingerprint density at radius 1 is 1.28 bits per heavy atom. The highest BCUT2D eigenvalue weighted by Gasteiger charge is 2.25. The molecule has 0 fully saturated rings. The maximum absolute atomic E-state index is 13.1. The maximum atomic E-state index is 13.1. The van der Waals surface area contributed by atoms with Gasteiger partial charge in [0.15, 0.2) is 11.6 Å². The lowest BCUT2D eigenvalue weighted by Gasteiger charge is -2.08. The highest BCUT2D eigenvalue weighted by Crippen LogP contribution is 2.30. The second-order valence-corrected chi connectivity index (χ2v) is 4.52. The molecule has 0 saturated carbocycles. The second kappa shape index (κ2) is 4.45. The van der Waals surface area contributed by atoms with Gasteiger partial charge in [-0.05, 0) is 12.1 Å². The SMILES string of the molecule is Fc1cc(F)cc(C2CC(c3cs[c]n3)=NO2)c1. The Labute approximate surface area is 106 Å². The van der Waals surface area contributed by atoms with E-state index in [0.717, 1.165) is 6.07 Å². The summed E-state index contributed by atoms with van der Waals surface area (Å²) >= 11 is 1.34. The first-order chi connectivity index (χ1) is 8.72. The van der Waals surface area contributed by atoms with Crippen LogP contribution in [-0.4, -0.2) is 10.7 Å². The van der Waals surface area contributed by atoms with Gasteiger partial charge in [0.05, 0.1) is 5.69 Å². The van der Waals surface area contributed by atoms with Crippen molar-refractivity contribution < 1.29 is 13.6 Å². The van der Waals surface area contributed by atoms with Crippen LogP contribution in [-0.2, 0) is 4.84 Å². The van der Waals surface area contributed by atoms with Gasteiger partial charge < -0.3 is 4.84 Å². The number of rotatable bonds is 2. The fourth-order valence-corrected chi connectivity index (χ4v) is 2.29. The smallest absolute Gasteiger partial charge is 0.158 e. The number of oxime groups is 1. The third-order valence-corrected chi connectivity index (χ3v) is 3.15. The van der Waals surface area contributed by atoms with Gasteiger partial charge in [0.25, 0.3) is 0 Å². The van der Waals surface area contributed by atoms with Crippen molar-refractivity contribution in [1.82, 2.24) is 4.98 Å². The van der Waals surface area contributed by atoms with E-state index < -0.39 is 17.7 Å². The van der Waals surface area contributed by atoms with Gasteiger partial charge in [0, 0.05) is 23.4 Å². The van der Waals surface area contributed by atoms with E-state index >= 15 is 0 Å². The number of hydrogen-bond acceptors (Lipinski definition) is 4. The number of nitrogens with zero attached hydrogens (tertiary/aromatic N) is 2. The summed E-state index contributed by atoms with van der Waals surface area (Å²) in [6, 6.07) is 3.33. The Kier molecular flexibility index (Phi) is 2.79. The summed E-state index contributed by atoms with van der Waals surface area (Å²) in [5.74, 6) is -1.24. The molecule has 1 unspecified atom stereocenters. The molecule has 0 N–H and O–H groups in total. The maximum Gasteiger partial charge on any atom is 0.158 e. The third-order valence-electron chi connectivity index (χ3n) is 2.61. The number of halogens is 2. The van der Waals surface area contributed by atoms with Gasteiger partial charge in [-0.25, -0.2) is 13.8 Å². The van der Waals surface area contributed by atoms with Crippen LogP contribution in [0, 0.1) is 17.1 Å². The van der Waals surface area contributed by atoms with E-state index in [4.69, 9.17) is 4.84 Å². The summed E-state index contributed by atoms with van der Waals surface area (Å²) < 4.78 is 26.2. The molecule has 6 heteroatoms. The second-order valence-electron chi connectivity index (χ2n) is 3.86. The van der Waals surface area contributed by atoms with E-state index in [1.165, 1.54) is 23.5 Å². The molecule has 0 spiro atoms. The molecular weight excluding hydrogens is 258 g/mol. The van der Waals surface area contributed by atoms with Crippen LogP contribution in [0.2, 0.25) is 0 Å². The molecule has 0 amide bonds. The Hall–Kier alpha value is -1.82. The largest absolute Gasteiger partial charge is 0.387 e. The normalized spacial score (nSPS) is 18.6. The molecule has 0 saturated heterocycles. The zero-order chi connectivity index (χ0) is 12.5. The van der Waals surface area contributed by atoms with E-state index in [1.807, 2.05) is 0 Å². The number of hydrogen-bond donors (Lipinski definition) is 0. The molecule has 1 aliphatic heterocycles. The molecule has 0 aliphatic carbocycles. The lowest BCUT2D eigenvalue weighted by molar-refractivity contribution is 0.0852. The van der Waals surface area contributed by atoms with Gasteiger partial charge in [-0.2, -0.15) is 0 Å². The van der Waals surface area contributed by atoms with Crippen molar-refractivity contribution in [3.05, 3.63) is 52.0 Å². The number of thiazole rings is 1. The Morgan fingerprint density at radius 3 is 2.72 bits per heavy atom. The molecule has 2 heterocycles. The average molecular weight is 265 g/mol. The number of benzene rings is 1. The molecule has 0 bridgehead atoms. The summed E-state index contributed by atoms with van der Waals surface area (Å²) in [5.41, 5.74) is 4.51. The van der Waals surface area contributed by atoms with Crippen LogP contribution in [0.5, 0.6) is 0 Å². The van der Waals surface area contributed by atoms with Crippen molar-refractivity contribution in [2.75, 3.05) is 0 Å². The topological polar surface area (TPSA) is 34.5 Å². The molecule has 1 aromatic carbocycles. The summed E-state index contributed by atoms with van der Waals surface area (Å²) in [6.07, 6.45) is -0.0209. The van der Waals surface area contributed by atoms with Crippen LogP contribution in [0.3, 0.4) is 0 Å². The fourth-order valence-electron chi connectivity index (χ4n) is 1.79. The molecule has 1 radical (unpaired) electrons. The van der Waals surface area contributed by atoms with Crippen LogP contribution >= 0.6 is 11.3 Å². The van der Waals surface area contributed by atoms with E-state index in [2.05, 4.69) is 15.7 Å². The summed E-state index contributed by atoms with van der Waals surface area (Å²) in [6.45, 7) is 0. The standard InChI is InChI=1S/C12H7F2N2OS/c13-8-1-7(2-9(14)3-8)12-4-10(16-17-12)11-5-18-6-15-11/h1-3,5,12H,4H2. The fraction of sp³-hybridized carbons (Fsp3) is 0.167. The molecule has 1 aromatic heterocycles. The first kappa shape index (κ1) is 11.3. The van der Waals surface area contributed by atoms with Crippen molar-refractivity contribution in [2.45, 2.75) is 12.5 Å². The lowest BCUT2D eigenvalue weighted by Crippen LogP contribution is -2.02. The van der Waals surface area contributed by atoms with Gasteiger partial charge in [-0.3, -0.25) is 0 Å². The summed E-state index contributed by atoms with van der Waals surface area (Å²) in [5, 5.41) is 5.69. The molecule has 91 valence electrons. The van der Waals surface area contributed by atoms with Crippen LogP contribution < -0.4 is 0 Å². The summed E-state index contributed by atoms with van der Waals surface area (Å²) in [4.78, 5) is 9.19. The Balaban J connectivity index is 1.81. The zero-order valence-electron chi connectivity index (χ0n) is 9.06. The van der Waals surface area contributed by atoms with Gasteiger partial charge in [0.2, 0.25) is 0 Å². The van der Waals surface area contributed by atoms with Crippen molar-refractivity contribution in [2.24, 2.45) is 5.16 Å². The van der Waals surface area contributed by atoms with E-state index in [1.54, 1.807) is 5.38 Å². The molecular formula is C12H7F2N2OS. The van der Waals surface area contributed by atoms with Crippen molar-refractivity contribution >= 4 is 17.0 Å². The van der Waals surface area contributed by atoms with Crippen molar-refractivity contribution in [3.8, 4) is 0 Å². The average Bonchev–Trinajstić information content (AvgIpc) is 2.99. The molecule has 3 rings (SSSR count). The highest BCUT2D eigenvalue weighted by atomic mass is 32.1. The molecule has 3 nitrogen and oxygen atoms in total. The summed E-state index contributed by atoms with van der Waals surface area (Å²) in [7, 11) is 0. The van der Waals surface area contributed by atoms with Crippen molar-refractivity contribution in [3.63, 3.8) is 0 Å². The van der Waals surface area contributed by atoms with Gasteiger partial charge in [0.1, 0.15) is 17.3 Å². The molecule has 1 aliphatic rings. The predicted octanol–water partition coefficient (Wildman–Crippen LogP) is 3.09.